The third-order valence-corrected chi connectivity index (χ3v) is 4.29. The quantitative estimate of drug-likeness (QED) is 0.733. The summed E-state index contributed by atoms with van der Waals surface area (Å²) >= 11 is 3.42. The second kappa shape index (κ2) is 8.09. The highest BCUT2D eigenvalue weighted by Crippen LogP contribution is 2.12. The maximum atomic E-state index is 11.8. The SMILES string of the molecule is CC(C)CC(CNC(=O)C(Br)C(C)C)N(C)C. The summed E-state index contributed by atoms with van der Waals surface area (Å²) in [5.41, 5.74) is 0. The number of hydrogen-bond acceptors (Lipinski definition) is 2. The summed E-state index contributed by atoms with van der Waals surface area (Å²) < 4.78 is 0. The van der Waals surface area contributed by atoms with Crippen molar-refractivity contribution in [3.05, 3.63) is 0 Å². The van der Waals surface area contributed by atoms with E-state index in [9.17, 15) is 4.79 Å². The molecule has 102 valence electrons. The summed E-state index contributed by atoms with van der Waals surface area (Å²) in [6, 6.07) is 0.408. The largest absolute Gasteiger partial charge is 0.354 e. The highest BCUT2D eigenvalue weighted by molar-refractivity contribution is 9.10. The van der Waals surface area contributed by atoms with Crippen LogP contribution in [0.15, 0.2) is 0 Å². The Balaban J connectivity index is 4.17. The Kier molecular flexibility index (Phi) is 8.05. The Bertz CT molecular complexity index is 229. The molecule has 0 heterocycles. The molecule has 4 heteroatoms. The lowest BCUT2D eigenvalue weighted by Crippen LogP contribution is -2.44. The number of amides is 1. The maximum Gasteiger partial charge on any atom is 0.234 e. The molecule has 0 rings (SSSR count). The fourth-order valence-corrected chi connectivity index (χ4v) is 1.80. The maximum absolute atomic E-state index is 11.8. The average Bonchev–Trinajstić information content (AvgIpc) is 2.21. The van der Waals surface area contributed by atoms with Gasteiger partial charge in [0.1, 0.15) is 0 Å². The lowest BCUT2D eigenvalue weighted by molar-refractivity contribution is -0.121. The van der Waals surface area contributed by atoms with Gasteiger partial charge in [-0.05, 0) is 32.4 Å². The minimum atomic E-state index is -0.0932. The summed E-state index contributed by atoms with van der Waals surface area (Å²) in [6.45, 7) is 9.21. The van der Waals surface area contributed by atoms with Crippen molar-refractivity contribution in [3.63, 3.8) is 0 Å². The number of hydrogen-bond donors (Lipinski definition) is 1. The molecule has 2 atom stereocenters. The minimum absolute atomic E-state index is 0.0932. The first-order valence-electron chi connectivity index (χ1n) is 6.33. The van der Waals surface area contributed by atoms with E-state index in [-0.39, 0.29) is 10.7 Å². The zero-order chi connectivity index (χ0) is 13.6. The monoisotopic (exact) mass is 306 g/mol. The fourth-order valence-electron chi connectivity index (χ4n) is 1.64. The molecule has 0 aromatic rings. The van der Waals surface area contributed by atoms with Crippen LogP contribution in [0, 0.1) is 11.8 Å². The van der Waals surface area contributed by atoms with Gasteiger partial charge in [0.2, 0.25) is 5.91 Å². The molecular weight excluding hydrogens is 280 g/mol. The van der Waals surface area contributed by atoms with Gasteiger partial charge in [-0.25, -0.2) is 0 Å². The van der Waals surface area contributed by atoms with Crippen LogP contribution in [-0.2, 0) is 4.79 Å². The molecule has 0 aromatic carbocycles. The van der Waals surface area contributed by atoms with Crippen LogP contribution in [0.1, 0.15) is 34.1 Å². The van der Waals surface area contributed by atoms with Crippen LogP contribution in [0.2, 0.25) is 0 Å². The first-order valence-corrected chi connectivity index (χ1v) is 7.25. The lowest BCUT2D eigenvalue weighted by Gasteiger charge is -2.27. The predicted octanol–water partition coefficient (Wildman–Crippen LogP) is 2.50. The van der Waals surface area contributed by atoms with Gasteiger partial charge >= 0.3 is 0 Å². The van der Waals surface area contributed by atoms with E-state index in [2.05, 4.69) is 54.1 Å². The number of nitrogens with zero attached hydrogens (tertiary/aromatic N) is 1. The van der Waals surface area contributed by atoms with Crippen LogP contribution >= 0.6 is 15.9 Å². The summed E-state index contributed by atoms with van der Waals surface area (Å²) in [4.78, 5) is 13.9. The highest BCUT2D eigenvalue weighted by atomic mass is 79.9. The number of likely N-dealkylation sites (N-methyl/N-ethyl adjacent to an activating group) is 1. The Morgan fingerprint density at radius 2 is 1.76 bits per heavy atom. The van der Waals surface area contributed by atoms with E-state index in [0.29, 0.717) is 17.9 Å². The third kappa shape index (κ3) is 7.04. The normalized spacial score (nSPS) is 15.4. The second-order valence-corrected chi connectivity index (χ2v) is 6.62. The molecule has 3 nitrogen and oxygen atoms in total. The van der Waals surface area contributed by atoms with E-state index in [0.717, 1.165) is 13.0 Å². The van der Waals surface area contributed by atoms with Gasteiger partial charge in [-0.15, -0.1) is 0 Å². The van der Waals surface area contributed by atoms with Crippen LogP contribution in [0.4, 0.5) is 0 Å². The molecule has 0 aromatic heterocycles. The van der Waals surface area contributed by atoms with Gasteiger partial charge in [-0.1, -0.05) is 43.6 Å². The smallest absolute Gasteiger partial charge is 0.234 e. The molecule has 0 fully saturated rings. The van der Waals surface area contributed by atoms with Crippen LogP contribution in [0.5, 0.6) is 0 Å². The van der Waals surface area contributed by atoms with E-state index in [1.165, 1.54) is 0 Å². The van der Waals surface area contributed by atoms with Gasteiger partial charge in [0.15, 0.2) is 0 Å². The summed E-state index contributed by atoms with van der Waals surface area (Å²) in [7, 11) is 4.13. The Hall–Kier alpha value is -0.0900. The van der Waals surface area contributed by atoms with Crippen LogP contribution in [0.3, 0.4) is 0 Å². The molecule has 0 bridgehead atoms. The minimum Gasteiger partial charge on any atom is -0.354 e. The number of nitrogens with one attached hydrogen (secondary N) is 1. The van der Waals surface area contributed by atoms with Crippen molar-refractivity contribution in [2.24, 2.45) is 11.8 Å². The third-order valence-electron chi connectivity index (χ3n) is 2.82. The first kappa shape index (κ1) is 16.9. The van der Waals surface area contributed by atoms with Crippen molar-refractivity contribution < 1.29 is 4.79 Å². The van der Waals surface area contributed by atoms with Gasteiger partial charge in [0.05, 0.1) is 4.83 Å². The van der Waals surface area contributed by atoms with Crippen LogP contribution < -0.4 is 5.32 Å². The zero-order valence-electron chi connectivity index (χ0n) is 12.0. The number of halogens is 1. The topological polar surface area (TPSA) is 32.3 Å². The van der Waals surface area contributed by atoms with E-state index >= 15 is 0 Å². The molecule has 0 spiro atoms. The van der Waals surface area contributed by atoms with Crippen molar-refractivity contribution >= 4 is 21.8 Å². The molecule has 17 heavy (non-hydrogen) atoms. The number of carbonyl (C=O) groups is 1. The Morgan fingerprint density at radius 3 is 2.12 bits per heavy atom. The van der Waals surface area contributed by atoms with Gasteiger partial charge in [0, 0.05) is 12.6 Å². The Morgan fingerprint density at radius 1 is 1.24 bits per heavy atom. The van der Waals surface area contributed by atoms with Gasteiger partial charge in [-0.3, -0.25) is 4.79 Å². The van der Waals surface area contributed by atoms with E-state index in [1.807, 2.05) is 13.8 Å². The molecule has 0 aliphatic rings. The Labute approximate surface area is 114 Å². The molecule has 0 aliphatic heterocycles. The van der Waals surface area contributed by atoms with Crippen molar-refractivity contribution in [3.8, 4) is 0 Å². The number of carbonyl (C=O) groups excluding carboxylic acids is 1. The summed E-state index contributed by atoms with van der Waals surface area (Å²) in [5.74, 6) is 1.05. The molecule has 2 unspecified atom stereocenters. The zero-order valence-corrected chi connectivity index (χ0v) is 13.5. The van der Waals surface area contributed by atoms with E-state index < -0.39 is 0 Å². The number of rotatable bonds is 7. The molecule has 0 radical (unpaired) electrons. The van der Waals surface area contributed by atoms with Gasteiger partial charge < -0.3 is 10.2 Å². The molecule has 1 amide bonds. The van der Waals surface area contributed by atoms with E-state index in [1.54, 1.807) is 0 Å². The molecule has 0 saturated heterocycles. The van der Waals surface area contributed by atoms with Gasteiger partial charge in [-0.2, -0.15) is 0 Å². The standard InChI is InChI=1S/C13H27BrN2O/c1-9(2)7-11(16(5)6)8-15-13(17)12(14)10(3)4/h9-12H,7-8H2,1-6H3,(H,15,17). The van der Waals surface area contributed by atoms with Crippen molar-refractivity contribution in [1.29, 1.82) is 0 Å². The highest BCUT2D eigenvalue weighted by Gasteiger charge is 2.20. The second-order valence-electron chi connectivity index (χ2n) is 5.64. The summed E-state index contributed by atoms with van der Waals surface area (Å²) in [6.07, 6.45) is 1.10. The van der Waals surface area contributed by atoms with E-state index in [4.69, 9.17) is 0 Å². The molecule has 1 N–H and O–H groups in total. The first-order chi connectivity index (χ1) is 7.75. The van der Waals surface area contributed by atoms with Gasteiger partial charge in [0.25, 0.3) is 0 Å². The number of alkyl halides is 1. The van der Waals surface area contributed by atoms with Crippen LogP contribution in [0.25, 0.3) is 0 Å². The lowest BCUT2D eigenvalue weighted by atomic mass is 10.0. The fraction of sp³-hybridized carbons (Fsp3) is 0.923. The predicted molar refractivity (Wildman–Crippen MR) is 77.5 cm³/mol. The van der Waals surface area contributed by atoms with Crippen LogP contribution in [-0.4, -0.2) is 42.3 Å². The average molecular weight is 307 g/mol. The molecule has 0 saturated carbocycles. The summed E-state index contributed by atoms with van der Waals surface area (Å²) in [5, 5.41) is 3.02. The van der Waals surface area contributed by atoms with Crippen molar-refractivity contribution in [1.82, 2.24) is 10.2 Å². The van der Waals surface area contributed by atoms with Crippen molar-refractivity contribution in [2.45, 2.75) is 45.0 Å². The molecule has 0 aliphatic carbocycles. The molecular formula is C13H27BrN2O. The van der Waals surface area contributed by atoms with Crippen molar-refractivity contribution in [2.75, 3.05) is 20.6 Å².